The Hall–Kier alpha value is -0.790. The van der Waals surface area contributed by atoms with Crippen LogP contribution in [0.3, 0.4) is 0 Å². The summed E-state index contributed by atoms with van der Waals surface area (Å²) in [6.07, 6.45) is 4.72. The van der Waals surface area contributed by atoms with E-state index in [1.165, 1.54) is 19.3 Å². The van der Waals surface area contributed by atoms with Crippen molar-refractivity contribution in [2.75, 3.05) is 0 Å². The Morgan fingerprint density at radius 2 is 2.08 bits per heavy atom. The maximum atomic E-state index is 11.2. The highest BCUT2D eigenvalue weighted by Crippen LogP contribution is 2.03. The monoisotopic (exact) mass is 183 g/mol. The molecule has 1 amide bonds. The van der Waals surface area contributed by atoms with Crippen molar-refractivity contribution in [1.82, 2.24) is 5.32 Å². The first kappa shape index (κ1) is 12.2. The first-order valence-corrected chi connectivity index (χ1v) is 5.04. The van der Waals surface area contributed by atoms with Crippen LogP contribution in [0.15, 0.2) is 12.2 Å². The smallest absolute Gasteiger partial charge is 0.246 e. The van der Waals surface area contributed by atoms with Gasteiger partial charge in [-0.3, -0.25) is 4.79 Å². The summed E-state index contributed by atoms with van der Waals surface area (Å²) < 4.78 is 0. The van der Waals surface area contributed by atoms with Gasteiger partial charge in [0.2, 0.25) is 5.91 Å². The molecule has 0 aliphatic heterocycles. The number of amides is 1. The number of carbonyl (C=O) groups excluding carboxylic acids is 1. The summed E-state index contributed by atoms with van der Waals surface area (Å²) in [5, 5.41) is 2.90. The highest BCUT2D eigenvalue weighted by Gasteiger charge is 2.06. The van der Waals surface area contributed by atoms with Crippen LogP contribution in [0, 0.1) is 0 Å². The molecule has 13 heavy (non-hydrogen) atoms. The largest absolute Gasteiger partial charge is 0.350 e. The third-order valence-corrected chi connectivity index (χ3v) is 2.01. The van der Waals surface area contributed by atoms with E-state index in [4.69, 9.17) is 0 Å². The van der Waals surface area contributed by atoms with Crippen LogP contribution < -0.4 is 5.32 Å². The van der Waals surface area contributed by atoms with Gasteiger partial charge in [-0.2, -0.15) is 0 Å². The van der Waals surface area contributed by atoms with E-state index < -0.39 is 0 Å². The van der Waals surface area contributed by atoms with Gasteiger partial charge < -0.3 is 5.32 Å². The molecule has 1 N–H and O–H groups in total. The summed E-state index contributed by atoms with van der Waals surface area (Å²) in [4.78, 5) is 11.2. The molecule has 0 fully saturated rings. The SMILES string of the molecule is C=C(C)C(=O)NC(C)CCCCC. The summed E-state index contributed by atoms with van der Waals surface area (Å²) in [6, 6.07) is 0.274. The van der Waals surface area contributed by atoms with Gasteiger partial charge in [-0.1, -0.05) is 32.8 Å². The number of rotatable bonds is 6. The van der Waals surface area contributed by atoms with E-state index in [1.54, 1.807) is 6.92 Å². The van der Waals surface area contributed by atoms with Crippen molar-refractivity contribution < 1.29 is 4.79 Å². The second-order valence-corrected chi connectivity index (χ2v) is 3.65. The zero-order valence-electron chi connectivity index (χ0n) is 9.02. The van der Waals surface area contributed by atoms with Crippen molar-refractivity contribution in [3.05, 3.63) is 12.2 Å². The minimum atomic E-state index is -0.0241. The molecular weight excluding hydrogens is 162 g/mol. The molecule has 0 aromatic carbocycles. The Morgan fingerprint density at radius 3 is 2.54 bits per heavy atom. The molecule has 0 bridgehead atoms. The van der Waals surface area contributed by atoms with E-state index in [1.807, 2.05) is 6.92 Å². The van der Waals surface area contributed by atoms with Crippen molar-refractivity contribution in [2.45, 2.75) is 52.5 Å². The molecule has 2 nitrogen and oxygen atoms in total. The van der Waals surface area contributed by atoms with Crippen LogP contribution in [0.4, 0.5) is 0 Å². The van der Waals surface area contributed by atoms with Gasteiger partial charge in [-0.05, 0) is 20.3 Å². The van der Waals surface area contributed by atoms with Crippen LogP contribution in [0.5, 0.6) is 0 Å². The van der Waals surface area contributed by atoms with Crippen molar-refractivity contribution in [1.29, 1.82) is 0 Å². The summed E-state index contributed by atoms with van der Waals surface area (Å²) in [6.45, 7) is 9.54. The summed E-state index contributed by atoms with van der Waals surface area (Å²) in [7, 11) is 0. The third-order valence-electron chi connectivity index (χ3n) is 2.01. The van der Waals surface area contributed by atoms with Crippen LogP contribution in [-0.4, -0.2) is 11.9 Å². The van der Waals surface area contributed by atoms with E-state index in [0.717, 1.165) is 6.42 Å². The van der Waals surface area contributed by atoms with E-state index in [9.17, 15) is 4.79 Å². The van der Waals surface area contributed by atoms with Crippen molar-refractivity contribution in [2.24, 2.45) is 0 Å². The Bertz CT molecular complexity index is 175. The first-order valence-electron chi connectivity index (χ1n) is 5.04. The molecule has 0 aliphatic carbocycles. The van der Waals surface area contributed by atoms with Crippen LogP contribution in [-0.2, 0) is 4.79 Å². The maximum absolute atomic E-state index is 11.2. The van der Waals surface area contributed by atoms with Gasteiger partial charge in [-0.15, -0.1) is 0 Å². The maximum Gasteiger partial charge on any atom is 0.246 e. The summed E-state index contributed by atoms with van der Waals surface area (Å²) in [5.74, 6) is -0.0241. The number of carbonyl (C=O) groups is 1. The minimum Gasteiger partial charge on any atom is -0.350 e. The molecule has 1 unspecified atom stereocenters. The van der Waals surface area contributed by atoms with Gasteiger partial charge in [0.05, 0.1) is 0 Å². The molecular formula is C11H21NO. The predicted molar refractivity (Wildman–Crippen MR) is 56.6 cm³/mol. The molecule has 0 heterocycles. The first-order chi connectivity index (χ1) is 6.07. The second-order valence-electron chi connectivity index (χ2n) is 3.65. The average molecular weight is 183 g/mol. The van der Waals surface area contributed by atoms with Gasteiger partial charge in [-0.25, -0.2) is 0 Å². The lowest BCUT2D eigenvalue weighted by atomic mass is 10.1. The highest BCUT2D eigenvalue weighted by molar-refractivity contribution is 5.92. The van der Waals surface area contributed by atoms with Crippen molar-refractivity contribution >= 4 is 5.91 Å². The topological polar surface area (TPSA) is 29.1 Å². The van der Waals surface area contributed by atoms with E-state index in [2.05, 4.69) is 18.8 Å². The fourth-order valence-electron chi connectivity index (χ4n) is 1.12. The lowest BCUT2D eigenvalue weighted by Crippen LogP contribution is -2.32. The Morgan fingerprint density at radius 1 is 1.46 bits per heavy atom. The summed E-state index contributed by atoms with van der Waals surface area (Å²) in [5.41, 5.74) is 0.586. The van der Waals surface area contributed by atoms with Crippen LogP contribution in [0.2, 0.25) is 0 Å². The molecule has 1 atom stereocenters. The van der Waals surface area contributed by atoms with Gasteiger partial charge >= 0.3 is 0 Å². The van der Waals surface area contributed by atoms with Gasteiger partial charge in [0.15, 0.2) is 0 Å². The Balaban J connectivity index is 3.55. The van der Waals surface area contributed by atoms with Crippen LogP contribution in [0.25, 0.3) is 0 Å². The number of hydrogen-bond donors (Lipinski definition) is 1. The average Bonchev–Trinajstić information content (AvgIpc) is 2.04. The fourth-order valence-corrected chi connectivity index (χ4v) is 1.12. The van der Waals surface area contributed by atoms with Crippen LogP contribution in [0.1, 0.15) is 46.5 Å². The van der Waals surface area contributed by atoms with E-state index in [-0.39, 0.29) is 11.9 Å². The highest BCUT2D eigenvalue weighted by atomic mass is 16.1. The standard InChI is InChI=1S/C11H21NO/c1-5-6-7-8-10(4)12-11(13)9(2)3/h10H,2,5-8H2,1,3-4H3,(H,12,13). The molecule has 0 aromatic rings. The van der Waals surface area contributed by atoms with Gasteiger partial charge in [0.1, 0.15) is 0 Å². The van der Waals surface area contributed by atoms with Gasteiger partial charge in [0, 0.05) is 11.6 Å². The molecule has 0 aromatic heterocycles. The molecule has 76 valence electrons. The zero-order chi connectivity index (χ0) is 10.3. The lowest BCUT2D eigenvalue weighted by molar-refractivity contribution is -0.118. The van der Waals surface area contributed by atoms with E-state index >= 15 is 0 Å². The summed E-state index contributed by atoms with van der Waals surface area (Å²) >= 11 is 0. The van der Waals surface area contributed by atoms with Crippen molar-refractivity contribution in [3.63, 3.8) is 0 Å². The molecule has 0 saturated heterocycles. The molecule has 0 radical (unpaired) electrons. The predicted octanol–water partition coefficient (Wildman–Crippen LogP) is 2.65. The normalized spacial score (nSPS) is 12.2. The molecule has 0 rings (SSSR count). The van der Waals surface area contributed by atoms with E-state index in [0.29, 0.717) is 5.57 Å². The quantitative estimate of drug-likeness (QED) is 0.498. The molecule has 0 saturated carbocycles. The Kier molecular flexibility index (Phi) is 6.29. The molecule has 0 aliphatic rings. The lowest BCUT2D eigenvalue weighted by Gasteiger charge is -2.13. The molecule has 2 heteroatoms. The molecule has 0 spiro atoms. The zero-order valence-corrected chi connectivity index (χ0v) is 9.02. The van der Waals surface area contributed by atoms with Crippen molar-refractivity contribution in [3.8, 4) is 0 Å². The third kappa shape index (κ3) is 6.38. The number of nitrogens with one attached hydrogen (secondary N) is 1. The minimum absolute atomic E-state index is 0.0241. The van der Waals surface area contributed by atoms with Gasteiger partial charge in [0.25, 0.3) is 0 Å². The fraction of sp³-hybridized carbons (Fsp3) is 0.727. The Labute approximate surface area is 81.4 Å². The van der Waals surface area contributed by atoms with Crippen LogP contribution >= 0.6 is 0 Å². The number of hydrogen-bond acceptors (Lipinski definition) is 1. The second kappa shape index (κ2) is 6.70. The number of unbranched alkanes of at least 4 members (excludes halogenated alkanes) is 2.